The van der Waals surface area contributed by atoms with E-state index in [0.29, 0.717) is 11.6 Å². The molecule has 0 radical (unpaired) electrons. The zero-order valence-corrected chi connectivity index (χ0v) is 15.3. The minimum absolute atomic E-state index is 0. The van der Waals surface area contributed by atoms with Gasteiger partial charge < -0.3 is 10.6 Å². The minimum atomic E-state index is -3.63. The Hall–Kier alpha value is -1.41. The van der Waals surface area contributed by atoms with Crippen LogP contribution in [0.1, 0.15) is 30.1 Å². The molecule has 1 amide bonds. The molecule has 1 aromatic rings. The van der Waals surface area contributed by atoms with Gasteiger partial charge in [-0.2, -0.15) is 0 Å². The Bertz CT molecular complexity index is 679. The summed E-state index contributed by atoms with van der Waals surface area (Å²) in [6.45, 7) is 6.57. The van der Waals surface area contributed by atoms with Crippen molar-refractivity contribution in [1.29, 1.82) is 0 Å². The molecule has 1 fully saturated rings. The Morgan fingerprint density at radius 3 is 2.88 bits per heavy atom. The number of rotatable bonds is 6. The first-order valence-corrected chi connectivity index (χ1v) is 9.15. The van der Waals surface area contributed by atoms with E-state index >= 15 is 0 Å². The molecule has 1 aromatic carbocycles. The van der Waals surface area contributed by atoms with Crippen LogP contribution in [0.25, 0.3) is 0 Å². The molecular formula is C16H24ClN3O3S. The van der Waals surface area contributed by atoms with Gasteiger partial charge in [0.1, 0.15) is 0 Å². The van der Waals surface area contributed by atoms with Gasteiger partial charge in [0.25, 0.3) is 5.91 Å². The molecule has 2 unspecified atom stereocenters. The molecule has 0 bridgehead atoms. The Morgan fingerprint density at radius 2 is 2.21 bits per heavy atom. The summed E-state index contributed by atoms with van der Waals surface area (Å²) in [4.78, 5) is 12.4. The number of hydrogen-bond donors (Lipinski definition) is 3. The average molecular weight is 374 g/mol. The summed E-state index contributed by atoms with van der Waals surface area (Å²) >= 11 is 0. The third-order valence-electron chi connectivity index (χ3n) is 3.78. The van der Waals surface area contributed by atoms with Crippen LogP contribution in [0.2, 0.25) is 0 Å². The normalized spacial score (nSPS) is 20.7. The summed E-state index contributed by atoms with van der Waals surface area (Å²) in [5.41, 5.74) is 0.345. The first-order chi connectivity index (χ1) is 10.9. The van der Waals surface area contributed by atoms with Gasteiger partial charge >= 0.3 is 0 Å². The summed E-state index contributed by atoms with van der Waals surface area (Å²) in [6.07, 6.45) is 3.20. The van der Waals surface area contributed by atoms with Crippen molar-refractivity contribution < 1.29 is 13.2 Å². The van der Waals surface area contributed by atoms with Gasteiger partial charge in [0.2, 0.25) is 10.0 Å². The van der Waals surface area contributed by atoms with Crippen LogP contribution in [0.3, 0.4) is 0 Å². The number of hydrogen-bond acceptors (Lipinski definition) is 4. The topological polar surface area (TPSA) is 87.3 Å². The lowest BCUT2D eigenvalue weighted by atomic mass is 10.0. The maximum Gasteiger partial charge on any atom is 0.251 e. The van der Waals surface area contributed by atoms with Crippen LogP contribution in [0.5, 0.6) is 0 Å². The Morgan fingerprint density at radius 1 is 1.46 bits per heavy atom. The quantitative estimate of drug-likeness (QED) is 0.658. The van der Waals surface area contributed by atoms with Gasteiger partial charge in [-0.3, -0.25) is 4.79 Å². The Balaban J connectivity index is 0.00000288. The lowest BCUT2D eigenvalue weighted by molar-refractivity contribution is 0.0925. The minimum Gasteiger partial charge on any atom is -0.349 e. The predicted molar refractivity (Wildman–Crippen MR) is 97.0 cm³/mol. The van der Waals surface area contributed by atoms with Crippen molar-refractivity contribution in [1.82, 2.24) is 15.4 Å². The van der Waals surface area contributed by atoms with E-state index in [1.165, 1.54) is 18.2 Å². The van der Waals surface area contributed by atoms with Crippen molar-refractivity contribution >= 4 is 28.3 Å². The second kappa shape index (κ2) is 9.17. The number of carbonyl (C=O) groups excluding carboxylic acids is 1. The van der Waals surface area contributed by atoms with Crippen LogP contribution in [-0.2, 0) is 10.0 Å². The fraction of sp³-hybridized carbons (Fsp3) is 0.438. The molecule has 0 spiro atoms. The SMILES string of the molecule is C=CCNS(=O)(=O)c1cccc(C(=O)NC2CCNC(C)C2)c1.Cl. The van der Waals surface area contributed by atoms with Gasteiger partial charge in [-0.25, -0.2) is 13.1 Å². The standard InChI is InChI=1S/C16H23N3O3S.ClH/c1-3-8-18-23(21,22)15-6-4-5-13(11-15)16(20)19-14-7-9-17-12(2)10-14;/h3-6,11-12,14,17-18H,1,7-10H2,2H3,(H,19,20);1H. The number of nitrogens with one attached hydrogen (secondary N) is 3. The fourth-order valence-corrected chi connectivity index (χ4v) is 3.63. The summed E-state index contributed by atoms with van der Waals surface area (Å²) in [7, 11) is -3.63. The van der Waals surface area contributed by atoms with E-state index in [4.69, 9.17) is 0 Å². The molecular weight excluding hydrogens is 350 g/mol. The van der Waals surface area contributed by atoms with E-state index in [2.05, 4.69) is 28.9 Å². The molecule has 1 aliphatic heterocycles. The molecule has 1 aliphatic rings. The number of benzene rings is 1. The summed E-state index contributed by atoms with van der Waals surface area (Å²) in [6, 6.07) is 6.52. The lowest BCUT2D eigenvalue weighted by Crippen LogP contribution is -2.46. The molecule has 2 atom stereocenters. The smallest absolute Gasteiger partial charge is 0.251 e. The number of sulfonamides is 1. The van der Waals surface area contributed by atoms with Crippen LogP contribution in [0, 0.1) is 0 Å². The second-order valence-corrected chi connectivity index (χ2v) is 7.49. The average Bonchev–Trinajstić information content (AvgIpc) is 2.53. The maximum atomic E-state index is 12.3. The van der Waals surface area contributed by atoms with Crippen molar-refractivity contribution in [2.45, 2.75) is 36.7 Å². The van der Waals surface area contributed by atoms with Gasteiger partial charge in [0.15, 0.2) is 0 Å². The molecule has 1 saturated heterocycles. The van der Waals surface area contributed by atoms with E-state index in [0.717, 1.165) is 19.4 Å². The third-order valence-corrected chi connectivity index (χ3v) is 5.20. The first kappa shape index (κ1) is 20.6. The zero-order valence-electron chi connectivity index (χ0n) is 13.6. The largest absolute Gasteiger partial charge is 0.349 e. The highest BCUT2D eigenvalue weighted by Gasteiger charge is 2.21. The second-order valence-electron chi connectivity index (χ2n) is 5.72. The molecule has 8 heteroatoms. The zero-order chi connectivity index (χ0) is 16.9. The van der Waals surface area contributed by atoms with Crippen molar-refractivity contribution in [3.05, 3.63) is 42.5 Å². The number of carbonyl (C=O) groups is 1. The first-order valence-electron chi connectivity index (χ1n) is 7.67. The van der Waals surface area contributed by atoms with Gasteiger partial charge in [-0.1, -0.05) is 12.1 Å². The number of piperidine rings is 1. The van der Waals surface area contributed by atoms with Gasteiger partial charge in [-0.05, 0) is 44.5 Å². The molecule has 3 N–H and O–H groups in total. The van der Waals surface area contributed by atoms with Crippen molar-refractivity contribution in [2.75, 3.05) is 13.1 Å². The molecule has 0 saturated carbocycles. The van der Waals surface area contributed by atoms with E-state index < -0.39 is 10.0 Å². The van der Waals surface area contributed by atoms with Crippen molar-refractivity contribution in [3.63, 3.8) is 0 Å². The molecule has 0 aromatic heterocycles. The van der Waals surface area contributed by atoms with E-state index in [9.17, 15) is 13.2 Å². The molecule has 134 valence electrons. The highest BCUT2D eigenvalue weighted by molar-refractivity contribution is 7.89. The maximum absolute atomic E-state index is 12.3. The lowest BCUT2D eigenvalue weighted by Gasteiger charge is -2.28. The Labute approximate surface area is 149 Å². The van der Waals surface area contributed by atoms with Crippen LogP contribution >= 0.6 is 12.4 Å². The summed E-state index contributed by atoms with van der Waals surface area (Å²) in [5, 5.41) is 6.30. The Kier molecular flexibility index (Phi) is 7.89. The van der Waals surface area contributed by atoms with Crippen molar-refractivity contribution in [3.8, 4) is 0 Å². The van der Waals surface area contributed by atoms with E-state index in [1.54, 1.807) is 12.1 Å². The van der Waals surface area contributed by atoms with Gasteiger partial charge in [0.05, 0.1) is 4.90 Å². The molecule has 24 heavy (non-hydrogen) atoms. The van der Waals surface area contributed by atoms with Crippen LogP contribution in [-0.4, -0.2) is 39.5 Å². The van der Waals surface area contributed by atoms with Crippen LogP contribution < -0.4 is 15.4 Å². The molecule has 6 nitrogen and oxygen atoms in total. The highest BCUT2D eigenvalue weighted by atomic mass is 35.5. The highest BCUT2D eigenvalue weighted by Crippen LogP contribution is 2.13. The predicted octanol–water partition coefficient (Wildman–Crippen LogP) is 1.44. The van der Waals surface area contributed by atoms with Crippen LogP contribution in [0.4, 0.5) is 0 Å². The van der Waals surface area contributed by atoms with Crippen molar-refractivity contribution in [2.24, 2.45) is 0 Å². The molecule has 2 rings (SSSR count). The number of amides is 1. The van der Waals surface area contributed by atoms with Crippen LogP contribution in [0.15, 0.2) is 41.8 Å². The monoisotopic (exact) mass is 373 g/mol. The van der Waals surface area contributed by atoms with E-state index in [-0.39, 0.29) is 35.8 Å². The molecule has 1 heterocycles. The third kappa shape index (κ3) is 5.59. The van der Waals surface area contributed by atoms with Gasteiger partial charge in [-0.15, -0.1) is 19.0 Å². The summed E-state index contributed by atoms with van der Waals surface area (Å²) < 4.78 is 26.6. The van der Waals surface area contributed by atoms with E-state index in [1.807, 2.05) is 0 Å². The number of halogens is 1. The summed E-state index contributed by atoms with van der Waals surface area (Å²) in [5.74, 6) is -0.245. The van der Waals surface area contributed by atoms with Gasteiger partial charge in [0, 0.05) is 24.2 Å². The fourth-order valence-electron chi connectivity index (χ4n) is 2.59. The molecule has 0 aliphatic carbocycles.